The summed E-state index contributed by atoms with van der Waals surface area (Å²) >= 11 is 0. The van der Waals surface area contributed by atoms with Gasteiger partial charge in [0.2, 0.25) is 0 Å². The molecule has 3 rings (SSSR count). The molecule has 6 nitrogen and oxygen atoms in total. The Bertz CT molecular complexity index is 995. The van der Waals surface area contributed by atoms with Crippen LogP contribution in [0.5, 0.6) is 5.75 Å². The number of amides is 1. The van der Waals surface area contributed by atoms with Crippen LogP contribution in [0.1, 0.15) is 15.9 Å². The number of carbonyl (C=O) groups excluding carboxylic acids is 1. The summed E-state index contributed by atoms with van der Waals surface area (Å²) in [5.41, 5.74) is 6.53. The lowest BCUT2D eigenvalue weighted by atomic mass is 10.1. The van der Waals surface area contributed by atoms with Crippen molar-refractivity contribution in [3.05, 3.63) is 71.4 Å². The molecule has 0 bridgehead atoms. The highest BCUT2D eigenvalue weighted by atomic mass is 19.1. The van der Waals surface area contributed by atoms with Gasteiger partial charge in [-0.2, -0.15) is 0 Å². The third-order valence-electron chi connectivity index (χ3n) is 3.87. The monoisotopic (exact) mass is 370 g/mol. The first-order valence-corrected chi connectivity index (χ1v) is 7.97. The third kappa shape index (κ3) is 4.00. The minimum atomic E-state index is -0.566. The first kappa shape index (κ1) is 18.2. The molecule has 0 unspecified atom stereocenters. The van der Waals surface area contributed by atoms with Gasteiger partial charge in [-0.15, -0.1) is 0 Å². The van der Waals surface area contributed by atoms with E-state index in [1.807, 2.05) is 0 Å². The maximum absolute atomic E-state index is 13.9. The molecule has 0 spiro atoms. The summed E-state index contributed by atoms with van der Waals surface area (Å²) in [6, 6.07) is 10.1. The highest BCUT2D eigenvalue weighted by Crippen LogP contribution is 2.22. The molecular weight excluding hydrogens is 354 g/mol. The van der Waals surface area contributed by atoms with Crippen molar-refractivity contribution in [3.8, 4) is 17.1 Å². The zero-order valence-electron chi connectivity index (χ0n) is 14.4. The second-order valence-corrected chi connectivity index (χ2v) is 5.61. The zero-order chi connectivity index (χ0) is 19.4. The molecule has 0 atom stereocenters. The Hall–Kier alpha value is -3.55. The van der Waals surface area contributed by atoms with E-state index in [2.05, 4.69) is 15.3 Å². The number of methoxy groups -OCH3 is 1. The zero-order valence-corrected chi connectivity index (χ0v) is 14.4. The van der Waals surface area contributed by atoms with Gasteiger partial charge in [0.25, 0.3) is 5.91 Å². The van der Waals surface area contributed by atoms with Crippen LogP contribution in [0.2, 0.25) is 0 Å². The lowest BCUT2D eigenvalue weighted by Crippen LogP contribution is -2.25. The number of hydrogen-bond acceptors (Lipinski definition) is 5. The van der Waals surface area contributed by atoms with E-state index in [4.69, 9.17) is 10.5 Å². The van der Waals surface area contributed by atoms with E-state index in [9.17, 15) is 13.6 Å². The fraction of sp³-hybridized carbons (Fsp3) is 0.105. The lowest BCUT2D eigenvalue weighted by molar-refractivity contribution is 0.0950. The van der Waals surface area contributed by atoms with Crippen molar-refractivity contribution in [2.75, 3.05) is 12.8 Å². The highest BCUT2D eigenvalue weighted by Gasteiger charge is 2.16. The Morgan fingerprint density at radius 1 is 1.22 bits per heavy atom. The van der Waals surface area contributed by atoms with Gasteiger partial charge >= 0.3 is 0 Å². The summed E-state index contributed by atoms with van der Waals surface area (Å²) in [5, 5.41) is 2.56. The number of benzene rings is 2. The van der Waals surface area contributed by atoms with Crippen molar-refractivity contribution in [2.24, 2.45) is 0 Å². The van der Waals surface area contributed by atoms with Crippen molar-refractivity contribution < 1.29 is 18.3 Å². The van der Waals surface area contributed by atoms with E-state index >= 15 is 0 Å². The Morgan fingerprint density at radius 3 is 2.70 bits per heavy atom. The number of ether oxygens (including phenoxy) is 1. The molecule has 1 heterocycles. The molecule has 0 saturated carbocycles. The van der Waals surface area contributed by atoms with Gasteiger partial charge in [-0.3, -0.25) is 4.79 Å². The van der Waals surface area contributed by atoms with Gasteiger partial charge in [-0.25, -0.2) is 18.7 Å². The fourth-order valence-corrected chi connectivity index (χ4v) is 2.50. The van der Waals surface area contributed by atoms with Crippen molar-refractivity contribution in [3.63, 3.8) is 0 Å². The minimum Gasteiger partial charge on any atom is -0.496 e. The van der Waals surface area contributed by atoms with Crippen LogP contribution in [0.3, 0.4) is 0 Å². The normalized spacial score (nSPS) is 10.5. The van der Waals surface area contributed by atoms with Crippen molar-refractivity contribution in [2.45, 2.75) is 6.54 Å². The molecule has 3 aromatic rings. The van der Waals surface area contributed by atoms with Crippen LogP contribution in [0.25, 0.3) is 11.4 Å². The van der Waals surface area contributed by atoms with E-state index in [1.165, 1.54) is 43.6 Å². The molecule has 27 heavy (non-hydrogen) atoms. The number of nitrogens with one attached hydrogen (secondary N) is 1. The lowest BCUT2D eigenvalue weighted by Gasteiger charge is -2.11. The van der Waals surface area contributed by atoms with Gasteiger partial charge in [-0.1, -0.05) is 18.2 Å². The number of nitrogens with zero attached hydrogens (tertiary/aromatic N) is 2. The van der Waals surface area contributed by atoms with Gasteiger partial charge in [-0.05, 0) is 24.3 Å². The maximum atomic E-state index is 13.9. The third-order valence-corrected chi connectivity index (χ3v) is 3.87. The fourth-order valence-electron chi connectivity index (χ4n) is 2.50. The molecule has 1 aromatic heterocycles. The number of nitrogen functional groups attached to an aromatic ring is 1. The summed E-state index contributed by atoms with van der Waals surface area (Å²) in [7, 11) is 1.41. The summed E-state index contributed by atoms with van der Waals surface area (Å²) in [5.74, 6) is -1.05. The number of rotatable bonds is 5. The predicted octanol–water partition coefficient (Wildman–Crippen LogP) is 2.94. The molecule has 0 aliphatic rings. The first-order valence-electron chi connectivity index (χ1n) is 7.97. The molecule has 0 radical (unpaired) electrons. The average Bonchev–Trinajstić information content (AvgIpc) is 2.66. The molecule has 0 saturated heterocycles. The largest absolute Gasteiger partial charge is 0.496 e. The van der Waals surface area contributed by atoms with E-state index in [-0.39, 0.29) is 29.3 Å². The second kappa shape index (κ2) is 7.77. The average molecular weight is 370 g/mol. The van der Waals surface area contributed by atoms with Crippen molar-refractivity contribution in [1.82, 2.24) is 15.3 Å². The quantitative estimate of drug-likeness (QED) is 0.721. The van der Waals surface area contributed by atoms with Gasteiger partial charge < -0.3 is 15.8 Å². The van der Waals surface area contributed by atoms with Crippen LogP contribution in [-0.2, 0) is 6.54 Å². The van der Waals surface area contributed by atoms with Crippen LogP contribution in [0.15, 0.2) is 48.7 Å². The number of nitrogens with two attached hydrogens (primary N) is 1. The van der Waals surface area contributed by atoms with Crippen molar-refractivity contribution in [1.29, 1.82) is 0 Å². The minimum absolute atomic E-state index is 0.0328. The molecule has 8 heteroatoms. The number of hydrogen-bond donors (Lipinski definition) is 2. The topological polar surface area (TPSA) is 90.1 Å². The molecule has 138 valence electrons. The van der Waals surface area contributed by atoms with Gasteiger partial charge in [0, 0.05) is 23.9 Å². The molecule has 0 fully saturated rings. The number of aromatic nitrogens is 2. The van der Waals surface area contributed by atoms with E-state index in [0.717, 1.165) is 0 Å². The van der Waals surface area contributed by atoms with Gasteiger partial charge in [0.15, 0.2) is 5.82 Å². The standard InChI is InChI=1S/C19H16F2N4O2/c1-27-16-7-3-6-15(21)13(16)9-24-19(26)14-10-23-18(25-17(14)22)11-4-2-5-12(20)8-11/h2-8,10H,9H2,1H3,(H,24,26)(H2,22,23,25). The van der Waals surface area contributed by atoms with Gasteiger partial charge in [0.1, 0.15) is 23.2 Å². The second-order valence-electron chi connectivity index (χ2n) is 5.61. The highest BCUT2D eigenvalue weighted by molar-refractivity contribution is 5.98. The molecule has 0 aliphatic heterocycles. The van der Waals surface area contributed by atoms with E-state index < -0.39 is 17.5 Å². The smallest absolute Gasteiger partial charge is 0.256 e. The van der Waals surface area contributed by atoms with Crippen LogP contribution in [0.4, 0.5) is 14.6 Å². The summed E-state index contributed by atoms with van der Waals surface area (Å²) in [6.45, 7) is -0.0975. The van der Waals surface area contributed by atoms with E-state index in [0.29, 0.717) is 11.3 Å². The summed E-state index contributed by atoms with van der Waals surface area (Å²) in [6.07, 6.45) is 1.25. The maximum Gasteiger partial charge on any atom is 0.256 e. The first-order chi connectivity index (χ1) is 13.0. The summed E-state index contributed by atoms with van der Waals surface area (Å²) in [4.78, 5) is 20.5. The van der Waals surface area contributed by atoms with Crippen LogP contribution in [-0.4, -0.2) is 23.0 Å². The molecule has 2 aromatic carbocycles. The Labute approximate surface area is 154 Å². The van der Waals surface area contributed by atoms with E-state index in [1.54, 1.807) is 12.1 Å². The number of carbonyl (C=O) groups is 1. The Balaban J connectivity index is 1.78. The van der Waals surface area contributed by atoms with Crippen LogP contribution < -0.4 is 15.8 Å². The Morgan fingerprint density at radius 2 is 2.00 bits per heavy atom. The molecule has 1 amide bonds. The SMILES string of the molecule is COc1cccc(F)c1CNC(=O)c1cnc(-c2cccc(F)c2)nc1N. The number of anilines is 1. The summed E-state index contributed by atoms with van der Waals surface area (Å²) < 4.78 is 32.3. The van der Waals surface area contributed by atoms with Crippen LogP contribution in [0, 0.1) is 11.6 Å². The predicted molar refractivity (Wildman–Crippen MR) is 96.0 cm³/mol. The molecule has 0 aliphatic carbocycles. The Kier molecular flexibility index (Phi) is 5.25. The van der Waals surface area contributed by atoms with Crippen molar-refractivity contribution >= 4 is 11.7 Å². The molecule has 3 N–H and O–H groups in total. The van der Waals surface area contributed by atoms with Gasteiger partial charge in [0.05, 0.1) is 12.7 Å². The van der Waals surface area contributed by atoms with Crippen LogP contribution >= 0.6 is 0 Å². The number of halogens is 2. The molecular formula is C19H16F2N4O2.